The number of carbonyl (C=O) groups excluding carboxylic acids is 1. The van der Waals surface area contributed by atoms with Crippen LogP contribution in [-0.4, -0.2) is 36.9 Å². The molecule has 18 heavy (non-hydrogen) atoms. The second kappa shape index (κ2) is 5.07. The molecule has 0 atom stereocenters. The van der Waals surface area contributed by atoms with E-state index in [0.29, 0.717) is 19.3 Å². The van der Waals surface area contributed by atoms with Crippen molar-refractivity contribution in [3.8, 4) is 0 Å². The molecule has 5 nitrogen and oxygen atoms in total. The summed E-state index contributed by atoms with van der Waals surface area (Å²) in [6.45, 7) is 0.261. The molecule has 1 aliphatic heterocycles. The summed E-state index contributed by atoms with van der Waals surface area (Å²) in [7, 11) is -3.66. The largest absolute Gasteiger partial charge is 0.396 e. The van der Waals surface area contributed by atoms with Crippen molar-refractivity contribution in [1.82, 2.24) is 4.31 Å². The van der Waals surface area contributed by atoms with E-state index in [-0.39, 0.29) is 23.6 Å². The number of rotatable bonds is 5. The first-order valence-electron chi connectivity index (χ1n) is 5.86. The van der Waals surface area contributed by atoms with Crippen LogP contribution in [0.25, 0.3) is 0 Å². The number of amides is 1. The maximum Gasteiger partial charge on any atom is 0.269 e. The molecule has 0 radical (unpaired) electrons. The SMILES string of the molecule is O=C1c2ccccc2S(=O)(=O)N1CCCCCO. The molecule has 0 fully saturated rings. The molecular formula is C12H15NO4S. The van der Waals surface area contributed by atoms with Gasteiger partial charge in [0.1, 0.15) is 4.90 Å². The lowest BCUT2D eigenvalue weighted by molar-refractivity contribution is 0.0869. The molecule has 1 aliphatic rings. The molecule has 0 bridgehead atoms. The molecule has 1 N–H and O–H groups in total. The van der Waals surface area contributed by atoms with Crippen LogP contribution in [0.15, 0.2) is 29.2 Å². The van der Waals surface area contributed by atoms with Crippen molar-refractivity contribution in [1.29, 1.82) is 0 Å². The standard InChI is InChI=1S/C12H15NO4S/c14-9-5-1-4-8-13-12(15)10-6-2-3-7-11(10)18(13,16)17/h2-3,6-7,14H,1,4-5,8-9H2. The topological polar surface area (TPSA) is 74.7 Å². The van der Waals surface area contributed by atoms with Crippen molar-refractivity contribution in [2.75, 3.05) is 13.2 Å². The minimum absolute atomic E-state index is 0.0842. The molecule has 0 saturated carbocycles. The van der Waals surface area contributed by atoms with Gasteiger partial charge in [-0.25, -0.2) is 12.7 Å². The lowest BCUT2D eigenvalue weighted by atomic mass is 10.2. The van der Waals surface area contributed by atoms with Crippen LogP contribution in [0, 0.1) is 0 Å². The van der Waals surface area contributed by atoms with Crippen LogP contribution >= 0.6 is 0 Å². The highest BCUT2D eigenvalue weighted by molar-refractivity contribution is 7.90. The molecule has 1 amide bonds. The Morgan fingerprint density at radius 3 is 2.50 bits per heavy atom. The molecule has 0 unspecified atom stereocenters. The molecule has 6 heteroatoms. The number of benzene rings is 1. The summed E-state index contributed by atoms with van der Waals surface area (Å²) in [6.07, 6.45) is 1.89. The van der Waals surface area contributed by atoms with Gasteiger partial charge in [0.15, 0.2) is 0 Å². The predicted octanol–water partition coefficient (Wildman–Crippen LogP) is 0.994. The summed E-state index contributed by atoms with van der Waals surface area (Å²) < 4.78 is 25.2. The van der Waals surface area contributed by atoms with Crippen LogP contribution in [0.4, 0.5) is 0 Å². The van der Waals surface area contributed by atoms with Gasteiger partial charge in [-0.05, 0) is 31.4 Å². The van der Waals surface area contributed by atoms with Gasteiger partial charge < -0.3 is 5.11 Å². The van der Waals surface area contributed by atoms with E-state index >= 15 is 0 Å². The Morgan fingerprint density at radius 1 is 1.11 bits per heavy atom. The Balaban J connectivity index is 2.18. The van der Waals surface area contributed by atoms with Gasteiger partial charge in [0, 0.05) is 13.2 Å². The van der Waals surface area contributed by atoms with Crippen molar-refractivity contribution in [3.05, 3.63) is 29.8 Å². The smallest absolute Gasteiger partial charge is 0.269 e. The molecule has 1 aromatic rings. The maximum absolute atomic E-state index is 12.1. The van der Waals surface area contributed by atoms with Crippen molar-refractivity contribution in [2.45, 2.75) is 24.2 Å². The predicted molar refractivity (Wildman–Crippen MR) is 65.6 cm³/mol. The Kier molecular flexibility index (Phi) is 3.68. The number of fused-ring (bicyclic) bond motifs is 1. The summed E-state index contributed by atoms with van der Waals surface area (Å²) in [5, 5.41) is 8.66. The fourth-order valence-corrected chi connectivity index (χ4v) is 3.60. The van der Waals surface area contributed by atoms with Crippen molar-refractivity contribution in [2.24, 2.45) is 0 Å². The van der Waals surface area contributed by atoms with Crippen LogP contribution in [0.2, 0.25) is 0 Å². The molecule has 0 aliphatic carbocycles. The number of nitrogens with zero attached hydrogens (tertiary/aromatic N) is 1. The van der Waals surface area contributed by atoms with Crippen molar-refractivity contribution in [3.63, 3.8) is 0 Å². The molecule has 1 heterocycles. The van der Waals surface area contributed by atoms with E-state index in [1.165, 1.54) is 12.1 Å². The van der Waals surface area contributed by atoms with Crippen LogP contribution in [0.5, 0.6) is 0 Å². The van der Waals surface area contributed by atoms with Gasteiger partial charge in [0.05, 0.1) is 5.56 Å². The van der Waals surface area contributed by atoms with Crippen LogP contribution < -0.4 is 0 Å². The second-order valence-corrected chi connectivity index (χ2v) is 5.99. The fraction of sp³-hybridized carbons (Fsp3) is 0.417. The number of hydrogen-bond donors (Lipinski definition) is 1. The van der Waals surface area contributed by atoms with Gasteiger partial charge in [0.2, 0.25) is 0 Å². The second-order valence-electron chi connectivity index (χ2n) is 4.16. The average Bonchev–Trinajstić information content (AvgIpc) is 2.55. The minimum Gasteiger partial charge on any atom is -0.396 e. The number of unbranched alkanes of at least 4 members (excludes halogenated alkanes) is 2. The third kappa shape index (κ3) is 2.13. The van der Waals surface area contributed by atoms with Gasteiger partial charge in [-0.2, -0.15) is 0 Å². The Bertz CT molecular complexity index is 553. The normalized spacial score (nSPS) is 16.9. The van der Waals surface area contributed by atoms with Crippen molar-refractivity contribution >= 4 is 15.9 Å². The van der Waals surface area contributed by atoms with E-state index in [4.69, 9.17) is 5.11 Å². The molecule has 2 rings (SSSR count). The summed E-state index contributed by atoms with van der Waals surface area (Å²) >= 11 is 0. The zero-order valence-corrected chi connectivity index (χ0v) is 10.7. The van der Waals surface area contributed by atoms with E-state index < -0.39 is 15.9 Å². The maximum atomic E-state index is 12.1. The van der Waals surface area contributed by atoms with E-state index in [1.54, 1.807) is 12.1 Å². The molecule has 0 spiro atoms. The van der Waals surface area contributed by atoms with E-state index in [9.17, 15) is 13.2 Å². The summed E-state index contributed by atoms with van der Waals surface area (Å²) in [5.41, 5.74) is 0.250. The number of sulfonamides is 1. The summed E-state index contributed by atoms with van der Waals surface area (Å²) in [6, 6.07) is 6.25. The first kappa shape index (κ1) is 13.0. The van der Waals surface area contributed by atoms with Crippen LogP contribution in [0.1, 0.15) is 29.6 Å². The summed E-state index contributed by atoms with van der Waals surface area (Å²) in [4.78, 5) is 12.1. The molecule has 1 aromatic carbocycles. The van der Waals surface area contributed by atoms with E-state index in [0.717, 1.165) is 4.31 Å². The third-order valence-electron chi connectivity index (χ3n) is 2.93. The third-order valence-corrected chi connectivity index (χ3v) is 4.77. The minimum atomic E-state index is -3.66. The van der Waals surface area contributed by atoms with E-state index in [1.807, 2.05) is 0 Å². The van der Waals surface area contributed by atoms with Crippen molar-refractivity contribution < 1.29 is 18.3 Å². The van der Waals surface area contributed by atoms with Gasteiger partial charge in [-0.3, -0.25) is 4.79 Å². The summed E-state index contributed by atoms with van der Waals surface area (Å²) in [5.74, 6) is -0.449. The van der Waals surface area contributed by atoms with Gasteiger partial charge in [0.25, 0.3) is 15.9 Å². The molecule has 98 valence electrons. The number of carbonyl (C=O) groups is 1. The van der Waals surface area contributed by atoms with Gasteiger partial charge in [-0.15, -0.1) is 0 Å². The molecule has 0 saturated heterocycles. The van der Waals surface area contributed by atoms with E-state index in [2.05, 4.69) is 0 Å². The Morgan fingerprint density at radius 2 is 1.83 bits per heavy atom. The highest BCUT2D eigenvalue weighted by Gasteiger charge is 2.40. The number of aliphatic hydroxyl groups is 1. The zero-order chi connectivity index (χ0) is 13.2. The highest BCUT2D eigenvalue weighted by atomic mass is 32.2. The lowest BCUT2D eigenvalue weighted by Crippen LogP contribution is -2.31. The van der Waals surface area contributed by atoms with Crippen LogP contribution in [-0.2, 0) is 10.0 Å². The number of aliphatic hydroxyl groups excluding tert-OH is 1. The lowest BCUT2D eigenvalue weighted by Gasteiger charge is -2.14. The Labute approximate surface area is 106 Å². The highest BCUT2D eigenvalue weighted by Crippen LogP contribution is 2.29. The average molecular weight is 269 g/mol. The van der Waals surface area contributed by atoms with Gasteiger partial charge in [-0.1, -0.05) is 12.1 Å². The Hall–Kier alpha value is -1.40. The molecule has 0 aromatic heterocycles. The molecular weight excluding hydrogens is 254 g/mol. The van der Waals surface area contributed by atoms with Gasteiger partial charge >= 0.3 is 0 Å². The first-order chi connectivity index (χ1) is 8.59. The number of hydrogen-bond acceptors (Lipinski definition) is 4. The fourth-order valence-electron chi connectivity index (χ4n) is 2.00. The first-order valence-corrected chi connectivity index (χ1v) is 7.30. The quantitative estimate of drug-likeness (QED) is 0.809. The monoisotopic (exact) mass is 269 g/mol. The van der Waals surface area contributed by atoms with Crippen LogP contribution in [0.3, 0.4) is 0 Å². The zero-order valence-electron chi connectivity index (χ0n) is 9.87.